The number of nitrogens with one attached hydrogen (secondary N) is 3. The molecule has 0 saturated heterocycles. The lowest BCUT2D eigenvalue weighted by Crippen LogP contribution is -2.58. The molecule has 1 aromatic carbocycles. The Bertz CT molecular complexity index is 846. The molecule has 0 spiro atoms. The summed E-state index contributed by atoms with van der Waals surface area (Å²) in [6.07, 6.45) is 0.342. The van der Waals surface area contributed by atoms with Gasteiger partial charge in [0.15, 0.2) is 0 Å². The van der Waals surface area contributed by atoms with Gasteiger partial charge in [-0.25, -0.2) is 4.79 Å². The van der Waals surface area contributed by atoms with Crippen molar-refractivity contribution in [1.29, 1.82) is 0 Å². The highest BCUT2D eigenvalue weighted by atomic mass is 32.1. The van der Waals surface area contributed by atoms with Crippen molar-refractivity contribution in [2.24, 2.45) is 17.6 Å². The number of aromatic hydroxyl groups is 1. The average Bonchev–Trinajstić information content (AvgIpc) is 2.76. The number of phenols is 1. The van der Waals surface area contributed by atoms with Gasteiger partial charge in [0.2, 0.25) is 17.7 Å². The van der Waals surface area contributed by atoms with Crippen LogP contribution in [0.25, 0.3) is 0 Å². The zero-order chi connectivity index (χ0) is 26.0. The number of amides is 3. The topological polar surface area (TPSA) is 171 Å². The highest BCUT2D eigenvalue weighted by Gasteiger charge is 2.31. The summed E-state index contributed by atoms with van der Waals surface area (Å²) in [6, 6.07) is 1.94. The lowest BCUT2D eigenvalue weighted by molar-refractivity contribution is -0.141. The Labute approximate surface area is 205 Å². The first-order chi connectivity index (χ1) is 15.8. The van der Waals surface area contributed by atoms with Gasteiger partial charge in [-0.2, -0.15) is 12.6 Å². The van der Waals surface area contributed by atoms with E-state index in [1.165, 1.54) is 12.1 Å². The number of phenolic OH excluding ortho intramolecular Hbond substituents is 1. The van der Waals surface area contributed by atoms with E-state index < -0.39 is 47.9 Å². The molecule has 4 unspecified atom stereocenters. The molecule has 0 saturated carbocycles. The van der Waals surface area contributed by atoms with Crippen molar-refractivity contribution < 1.29 is 29.4 Å². The van der Waals surface area contributed by atoms with Crippen LogP contribution < -0.4 is 21.7 Å². The number of aliphatic carboxylic acids is 1. The predicted molar refractivity (Wildman–Crippen MR) is 131 cm³/mol. The normalized spacial score (nSPS) is 14.7. The van der Waals surface area contributed by atoms with Gasteiger partial charge >= 0.3 is 5.97 Å². The summed E-state index contributed by atoms with van der Waals surface area (Å²) in [5, 5.41) is 26.4. The SMILES string of the molecule is CC(C)CC(NC(=O)C(N)C(C)C)C(=O)NC(Cc1ccc(O)cc1)C(=O)NC(CS)C(=O)O. The van der Waals surface area contributed by atoms with Crippen LogP contribution in [0.15, 0.2) is 24.3 Å². The third kappa shape index (κ3) is 9.60. The van der Waals surface area contributed by atoms with E-state index >= 15 is 0 Å². The summed E-state index contributed by atoms with van der Waals surface area (Å²) in [7, 11) is 0. The van der Waals surface area contributed by atoms with E-state index in [1.807, 2.05) is 13.8 Å². The minimum absolute atomic E-state index is 0.0324. The molecule has 4 atom stereocenters. The largest absolute Gasteiger partial charge is 0.508 e. The molecule has 0 fully saturated rings. The van der Waals surface area contributed by atoms with E-state index in [0.717, 1.165) is 0 Å². The van der Waals surface area contributed by atoms with Gasteiger partial charge in [-0.05, 0) is 36.0 Å². The van der Waals surface area contributed by atoms with E-state index in [9.17, 15) is 29.4 Å². The number of carbonyl (C=O) groups is 4. The van der Waals surface area contributed by atoms with Crippen molar-refractivity contribution in [2.75, 3.05) is 5.75 Å². The van der Waals surface area contributed by atoms with Crippen LogP contribution >= 0.6 is 12.6 Å². The summed E-state index contributed by atoms with van der Waals surface area (Å²) in [5.74, 6) is -3.22. The van der Waals surface area contributed by atoms with Crippen molar-refractivity contribution in [3.05, 3.63) is 29.8 Å². The third-order valence-corrected chi connectivity index (χ3v) is 5.53. The molecule has 10 nitrogen and oxygen atoms in total. The van der Waals surface area contributed by atoms with Crippen LogP contribution in [0.1, 0.15) is 39.7 Å². The number of thiol groups is 1. The molecule has 0 bridgehead atoms. The van der Waals surface area contributed by atoms with Crippen LogP contribution in [0, 0.1) is 11.8 Å². The van der Waals surface area contributed by atoms with E-state index in [0.29, 0.717) is 12.0 Å². The molecule has 7 N–H and O–H groups in total. The molecular formula is C23H36N4O6S. The molecule has 3 amide bonds. The molecule has 0 heterocycles. The maximum atomic E-state index is 13.1. The second-order valence-corrected chi connectivity index (χ2v) is 9.34. The molecule has 1 rings (SSSR count). The van der Waals surface area contributed by atoms with Gasteiger partial charge in [-0.3, -0.25) is 14.4 Å². The highest BCUT2D eigenvalue weighted by Crippen LogP contribution is 2.13. The Morgan fingerprint density at radius 2 is 1.38 bits per heavy atom. The van der Waals surface area contributed by atoms with Crippen LogP contribution in [0.3, 0.4) is 0 Å². The number of carboxylic acid groups (broad SMARTS) is 1. The van der Waals surface area contributed by atoms with Gasteiger partial charge < -0.3 is 31.9 Å². The number of nitrogens with two attached hydrogens (primary N) is 1. The van der Waals surface area contributed by atoms with Gasteiger partial charge in [-0.1, -0.05) is 39.8 Å². The molecule has 0 radical (unpaired) electrons. The predicted octanol–water partition coefficient (Wildman–Crippen LogP) is 0.433. The molecule has 0 aromatic heterocycles. The van der Waals surface area contributed by atoms with Crippen LogP contribution in [0.5, 0.6) is 5.75 Å². The highest BCUT2D eigenvalue weighted by molar-refractivity contribution is 7.80. The van der Waals surface area contributed by atoms with Gasteiger partial charge in [0.25, 0.3) is 0 Å². The quantitative estimate of drug-likeness (QED) is 0.194. The summed E-state index contributed by atoms with van der Waals surface area (Å²) >= 11 is 3.95. The van der Waals surface area contributed by atoms with Gasteiger partial charge in [0.1, 0.15) is 23.9 Å². The Kier molecular flexibility index (Phi) is 11.9. The number of benzene rings is 1. The number of carbonyl (C=O) groups excluding carboxylic acids is 3. The van der Waals surface area contributed by atoms with Crippen molar-refractivity contribution in [2.45, 2.75) is 64.7 Å². The van der Waals surface area contributed by atoms with E-state index in [-0.39, 0.29) is 29.8 Å². The van der Waals surface area contributed by atoms with Crippen LogP contribution in [-0.2, 0) is 25.6 Å². The smallest absolute Gasteiger partial charge is 0.327 e. The fourth-order valence-corrected chi connectivity index (χ4v) is 3.33. The third-order valence-electron chi connectivity index (χ3n) is 5.17. The van der Waals surface area contributed by atoms with E-state index in [4.69, 9.17) is 5.73 Å². The summed E-state index contributed by atoms with van der Waals surface area (Å²) in [6.45, 7) is 7.36. The maximum absolute atomic E-state index is 13.1. The Morgan fingerprint density at radius 3 is 1.85 bits per heavy atom. The lowest BCUT2D eigenvalue weighted by atomic mass is 9.99. The summed E-state index contributed by atoms with van der Waals surface area (Å²) in [5.41, 5.74) is 6.54. The van der Waals surface area contributed by atoms with Crippen LogP contribution in [0.2, 0.25) is 0 Å². The summed E-state index contributed by atoms with van der Waals surface area (Å²) in [4.78, 5) is 49.9. The fourth-order valence-electron chi connectivity index (χ4n) is 3.08. The number of hydrogen-bond acceptors (Lipinski definition) is 7. The molecule has 11 heteroatoms. The Morgan fingerprint density at radius 1 is 0.882 bits per heavy atom. The molecule has 34 heavy (non-hydrogen) atoms. The van der Waals surface area contributed by atoms with Gasteiger partial charge in [0.05, 0.1) is 6.04 Å². The number of rotatable bonds is 13. The number of carboxylic acids is 1. The lowest BCUT2D eigenvalue weighted by Gasteiger charge is -2.26. The second-order valence-electron chi connectivity index (χ2n) is 8.97. The fraction of sp³-hybridized carbons (Fsp3) is 0.565. The minimum atomic E-state index is -1.26. The molecular weight excluding hydrogens is 460 g/mol. The first-order valence-corrected chi connectivity index (χ1v) is 11.8. The molecule has 0 aliphatic rings. The van der Waals surface area contributed by atoms with Crippen molar-refractivity contribution >= 4 is 36.3 Å². The van der Waals surface area contributed by atoms with Crippen LogP contribution in [0.4, 0.5) is 0 Å². The van der Waals surface area contributed by atoms with Crippen LogP contribution in [-0.4, -0.2) is 63.8 Å². The van der Waals surface area contributed by atoms with Crippen molar-refractivity contribution in [1.82, 2.24) is 16.0 Å². The molecule has 1 aromatic rings. The number of hydrogen-bond donors (Lipinski definition) is 7. The summed E-state index contributed by atoms with van der Waals surface area (Å²) < 4.78 is 0. The first-order valence-electron chi connectivity index (χ1n) is 11.1. The van der Waals surface area contributed by atoms with E-state index in [2.05, 4.69) is 28.6 Å². The maximum Gasteiger partial charge on any atom is 0.327 e. The van der Waals surface area contributed by atoms with E-state index in [1.54, 1.807) is 26.0 Å². The van der Waals surface area contributed by atoms with Crippen molar-refractivity contribution in [3.8, 4) is 5.75 Å². The van der Waals surface area contributed by atoms with Gasteiger partial charge in [0, 0.05) is 12.2 Å². The zero-order valence-corrected chi connectivity index (χ0v) is 20.8. The Balaban J connectivity index is 3.12. The molecule has 190 valence electrons. The second kappa shape index (κ2) is 13.8. The molecule has 0 aliphatic heterocycles. The zero-order valence-electron chi connectivity index (χ0n) is 19.9. The van der Waals surface area contributed by atoms with Gasteiger partial charge in [-0.15, -0.1) is 0 Å². The standard InChI is InChI=1S/C23H36N4O6S/c1-12(2)9-16(26-22(31)19(24)13(3)4)20(29)25-17(10-14-5-7-15(28)8-6-14)21(30)27-18(11-34)23(32)33/h5-8,12-13,16-19,28,34H,9-11,24H2,1-4H3,(H,25,29)(H,26,31)(H,27,30)(H,32,33). The Hall–Kier alpha value is -2.79. The first kappa shape index (κ1) is 29.2. The average molecular weight is 497 g/mol. The van der Waals surface area contributed by atoms with Crippen molar-refractivity contribution in [3.63, 3.8) is 0 Å². The molecule has 0 aliphatic carbocycles. The monoisotopic (exact) mass is 496 g/mol. The minimum Gasteiger partial charge on any atom is -0.508 e.